The molecule has 1 saturated heterocycles. The first-order valence-corrected chi connectivity index (χ1v) is 11.9. The average Bonchev–Trinajstić information content (AvgIpc) is 3.20. The van der Waals surface area contributed by atoms with E-state index in [1.807, 2.05) is 13.0 Å². The van der Waals surface area contributed by atoms with E-state index >= 15 is 0 Å². The van der Waals surface area contributed by atoms with E-state index in [2.05, 4.69) is 36.3 Å². The van der Waals surface area contributed by atoms with Crippen molar-refractivity contribution in [2.75, 3.05) is 24.5 Å². The van der Waals surface area contributed by atoms with Gasteiger partial charge in [0.1, 0.15) is 6.23 Å². The van der Waals surface area contributed by atoms with Gasteiger partial charge in [-0.05, 0) is 69.6 Å². The zero-order chi connectivity index (χ0) is 21.8. The van der Waals surface area contributed by atoms with Crippen molar-refractivity contribution in [3.05, 3.63) is 28.3 Å². The van der Waals surface area contributed by atoms with Crippen LogP contribution in [0.4, 0.5) is 5.69 Å². The van der Waals surface area contributed by atoms with Gasteiger partial charge in [-0.25, -0.2) is 0 Å². The fraction of sp³-hybridized carbons (Fsp3) is 0.708. The van der Waals surface area contributed by atoms with Gasteiger partial charge >= 0.3 is 0 Å². The number of aliphatic hydroxyl groups is 1. The molecule has 0 aromatic heterocycles. The van der Waals surface area contributed by atoms with Gasteiger partial charge in [0, 0.05) is 47.9 Å². The van der Waals surface area contributed by atoms with Gasteiger partial charge in [0.2, 0.25) is 0 Å². The number of halogens is 1. The summed E-state index contributed by atoms with van der Waals surface area (Å²) in [6, 6.07) is 4.05. The molecule has 4 unspecified atom stereocenters. The van der Waals surface area contributed by atoms with E-state index in [1.54, 1.807) is 6.07 Å². The van der Waals surface area contributed by atoms with E-state index in [1.165, 1.54) is 25.7 Å². The number of nitrogens with zero attached hydrogens (tertiary/aromatic N) is 1. The molecule has 0 spiro atoms. The number of piperidine rings is 1. The van der Waals surface area contributed by atoms with Crippen LogP contribution in [0.1, 0.15) is 68.8 Å². The van der Waals surface area contributed by atoms with Crippen LogP contribution in [0, 0.1) is 24.7 Å². The molecule has 4 atom stereocenters. The minimum atomic E-state index is -0.595. The van der Waals surface area contributed by atoms with Crippen LogP contribution in [-0.4, -0.2) is 42.9 Å². The highest BCUT2D eigenvalue weighted by atomic mass is 35.5. The summed E-state index contributed by atoms with van der Waals surface area (Å²) in [4.78, 5) is 15.4. The van der Waals surface area contributed by atoms with Crippen molar-refractivity contribution in [1.82, 2.24) is 10.6 Å². The van der Waals surface area contributed by atoms with Crippen LogP contribution in [0.2, 0.25) is 5.02 Å². The molecule has 1 aromatic rings. The molecule has 1 saturated carbocycles. The minimum absolute atomic E-state index is 0.00128. The second kappa shape index (κ2) is 10.3. The highest BCUT2D eigenvalue weighted by molar-refractivity contribution is 6.31. The van der Waals surface area contributed by atoms with Crippen molar-refractivity contribution in [3.8, 4) is 0 Å². The maximum absolute atomic E-state index is 13.1. The number of carbonyl (C=O) groups is 1. The molecule has 1 aliphatic heterocycles. The Morgan fingerprint density at radius 2 is 2.00 bits per heavy atom. The lowest BCUT2D eigenvalue weighted by molar-refractivity contribution is 0.00478. The molecular weight excluding hydrogens is 398 g/mol. The summed E-state index contributed by atoms with van der Waals surface area (Å²) < 4.78 is 0. The average molecular weight is 436 g/mol. The summed E-state index contributed by atoms with van der Waals surface area (Å²) in [5.41, 5.74) is 2.66. The molecule has 30 heavy (non-hydrogen) atoms. The summed E-state index contributed by atoms with van der Waals surface area (Å²) in [5.74, 6) is 0.948. The molecule has 2 aliphatic rings. The van der Waals surface area contributed by atoms with Gasteiger partial charge in [0.25, 0.3) is 5.91 Å². The molecule has 0 bridgehead atoms. The summed E-state index contributed by atoms with van der Waals surface area (Å²) in [6.07, 6.45) is 5.62. The molecule has 3 rings (SSSR count). The van der Waals surface area contributed by atoms with Crippen LogP contribution < -0.4 is 15.5 Å². The number of benzene rings is 1. The van der Waals surface area contributed by atoms with Crippen LogP contribution in [0.15, 0.2) is 12.1 Å². The fourth-order valence-electron chi connectivity index (χ4n) is 5.28. The summed E-state index contributed by atoms with van der Waals surface area (Å²) in [6.45, 7) is 10.8. The Kier molecular flexibility index (Phi) is 8.05. The zero-order valence-corrected chi connectivity index (χ0v) is 19.6. The van der Waals surface area contributed by atoms with Crippen LogP contribution in [0.3, 0.4) is 0 Å². The molecule has 6 heteroatoms. The van der Waals surface area contributed by atoms with Crippen LogP contribution in [0.5, 0.6) is 0 Å². The topological polar surface area (TPSA) is 64.6 Å². The number of hydrogen-bond donors (Lipinski definition) is 3. The monoisotopic (exact) mass is 435 g/mol. The third-order valence-corrected chi connectivity index (χ3v) is 7.30. The third-order valence-electron chi connectivity index (χ3n) is 7.08. The molecule has 5 nitrogen and oxygen atoms in total. The van der Waals surface area contributed by atoms with E-state index in [9.17, 15) is 9.90 Å². The number of carbonyl (C=O) groups excluding carboxylic acids is 1. The van der Waals surface area contributed by atoms with Crippen molar-refractivity contribution < 1.29 is 9.90 Å². The molecule has 1 heterocycles. The number of nitrogens with one attached hydrogen (secondary N) is 2. The van der Waals surface area contributed by atoms with Gasteiger partial charge < -0.3 is 15.3 Å². The van der Waals surface area contributed by atoms with E-state index in [4.69, 9.17) is 11.6 Å². The Hall–Kier alpha value is -1.30. The summed E-state index contributed by atoms with van der Waals surface area (Å²) >= 11 is 6.44. The first-order chi connectivity index (χ1) is 14.3. The second-order valence-corrected chi connectivity index (χ2v) is 9.82. The molecule has 168 valence electrons. The molecule has 2 fully saturated rings. The zero-order valence-electron chi connectivity index (χ0n) is 18.9. The minimum Gasteiger partial charge on any atom is -0.378 e. The van der Waals surface area contributed by atoms with Crippen molar-refractivity contribution >= 4 is 23.2 Å². The number of anilines is 1. The quantitative estimate of drug-likeness (QED) is 0.595. The van der Waals surface area contributed by atoms with Crippen molar-refractivity contribution in [1.29, 1.82) is 0 Å². The first-order valence-electron chi connectivity index (χ1n) is 11.6. The maximum Gasteiger partial charge on any atom is 0.251 e. The van der Waals surface area contributed by atoms with Gasteiger partial charge in [0.05, 0.1) is 0 Å². The highest BCUT2D eigenvalue weighted by Crippen LogP contribution is 2.32. The lowest BCUT2D eigenvalue weighted by Gasteiger charge is -2.38. The maximum atomic E-state index is 13.1. The van der Waals surface area contributed by atoms with Crippen molar-refractivity contribution in [2.24, 2.45) is 17.8 Å². The number of aliphatic hydroxyl groups excluding tert-OH is 1. The van der Waals surface area contributed by atoms with Gasteiger partial charge in [-0.2, -0.15) is 0 Å². The van der Waals surface area contributed by atoms with Gasteiger partial charge in [-0.15, -0.1) is 0 Å². The van der Waals surface area contributed by atoms with E-state index in [0.29, 0.717) is 29.1 Å². The van der Waals surface area contributed by atoms with E-state index < -0.39 is 6.23 Å². The molecule has 0 radical (unpaired) electrons. The van der Waals surface area contributed by atoms with Gasteiger partial charge in [-0.3, -0.25) is 10.1 Å². The Labute approximate surface area is 186 Å². The fourth-order valence-corrected chi connectivity index (χ4v) is 5.49. The van der Waals surface area contributed by atoms with E-state index in [0.717, 1.165) is 36.7 Å². The molecular formula is C24H38ClN3O2. The SMILES string of the molecule is CCN(CC1CCCC1)c1cc(Cl)cc(C(=O)NCC2C(C)CC(C)NC2O)c1C. The predicted molar refractivity (Wildman–Crippen MR) is 124 cm³/mol. The Morgan fingerprint density at radius 1 is 1.30 bits per heavy atom. The number of hydrogen-bond acceptors (Lipinski definition) is 4. The molecule has 1 amide bonds. The van der Waals surface area contributed by atoms with Crippen LogP contribution >= 0.6 is 11.6 Å². The molecule has 1 aromatic carbocycles. The Morgan fingerprint density at radius 3 is 2.63 bits per heavy atom. The third kappa shape index (κ3) is 5.49. The van der Waals surface area contributed by atoms with Crippen molar-refractivity contribution in [3.63, 3.8) is 0 Å². The number of rotatable bonds is 7. The lowest BCUT2D eigenvalue weighted by Crippen LogP contribution is -2.53. The highest BCUT2D eigenvalue weighted by Gasteiger charge is 2.32. The Bertz CT molecular complexity index is 723. The van der Waals surface area contributed by atoms with Crippen LogP contribution in [-0.2, 0) is 0 Å². The normalized spacial score (nSPS) is 27.3. The molecule has 1 aliphatic carbocycles. The van der Waals surface area contributed by atoms with Crippen molar-refractivity contribution in [2.45, 2.75) is 72.1 Å². The summed E-state index contributed by atoms with van der Waals surface area (Å²) in [7, 11) is 0. The van der Waals surface area contributed by atoms with Gasteiger partial charge in [-0.1, -0.05) is 31.4 Å². The standard InChI is InChI=1S/C24H38ClN3O2/c1-5-28(14-18-8-6-7-9-18)22-12-19(25)11-20(17(22)4)23(29)26-13-21-15(2)10-16(3)27-24(21)30/h11-12,15-16,18,21,24,27,30H,5-10,13-14H2,1-4H3,(H,26,29). The smallest absolute Gasteiger partial charge is 0.251 e. The predicted octanol–water partition coefficient (Wildman–Crippen LogP) is 4.35. The largest absolute Gasteiger partial charge is 0.378 e. The number of amides is 1. The molecule has 3 N–H and O–H groups in total. The van der Waals surface area contributed by atoms with Gasteiger partial charge in [0.15, 0.2) is 0 Å². The Balaban J connectivity index is 1.72. The van der Waals surface area contributed by atoms with Crippen LogP contribution in [0.25, 0.3) is 0 Å². The second-order valence-electron chi connectivity index (χ2n) is 9.39. The lowest BCUT2D eigenvalue weighted by atomic mass is 9.83. The van der Waals surface area contributed by atoms with E-state index in [-0.39, 0.29) is 11.8 Å². The summed E-state index contributed by atoms with van der Waals surface area (Å²) in [5, 5.41) is 17.2. The first kappa shape index (κ1) is 23.4.